The van der Waals surface area contributed by atoms with Crippen molar-refractivity contribution in [2.24, 2.45) is 0 Å². The van der Waals surface area contributed by atoms with Crippen LogP contribution in [0.1, 0.15) is 22.8 Å². The van der Waals surface area contributed by atoms with E-state index in [-0.39, 0.29) is 29.2 Å². The Morgan fingerprint density at radius 2 is 1.91 bits per heavy atom. The highest BCUT2D eigenvalue weighted by molar-refractivity contribution is 5.93. The molecule has 0 heterocycles. The SMILES string of the molecule is COC=C(Oc1cccc(COC(C)=O)c1C(=O)O)C(=O)OC. The maximum Gasteiger partial charge on any atom is 0.377 e. The minimum atomic E-state index is -1.30. The molecule has 23 heavy (non-hydrogen) atoms. The van der Waals surface area contributed by atoms with Crippen LogP contribution in [0.5, 0.6) is 5.75 Å². The summed E-state index contributed by atoms with van der Waals surface area (Å²) in [6.07, 6.45) is 0.982. The van der Waals surface area contributed by atoms with Gasteiger partial charge in [0.25, 0.3) is 0 Å². The van der Waals surface area contributed by atoms with Gasteiger partial charge in [0.1, 0.15) is 24.2 Å². The summed E-state index contributed by atoms with van der Waals surface area (Å²) in [5.74, 6) is -3.14. The molecule has 8 nitrogen and oxygen atoms in total. The first-order valence-corrected chi connectivity index (χ1v) is 6.38. The van der Waals surface area contributed by atoms with Gasteiger partial charge in [-0.25, -0.2) is 9.59 Å². The summed E-state index contributed by atoms with van der Waals surface area (Å²) < 4.78 is 19.3. The first kappa shape index (κ1) is 18.0. The Bertz CT molecular complexity index is 632. The number of esters is 2. The van der Waals surface area contributed by atoms with Crippen LogP contribution in [0.3, 0.4) is 0 Å². The fourth-order valence-corrected chi connectivity index (χ4v) is 1.64. The average molecular weight is 324 g/mol. The van der Waals surface area contributed by atoms with E-state index in [1.54, 1.807) is 0 Å². The second-order valence-electron chi connectivity index (χ2n) is 4.19. The summed E-state index contributed by atoms with van der Waals surface area (Å²) in [6, 6.07) is 4.33. The lowest BCUT2D eigenvalue weighted by atomic mass is 10.1. The molecule has 0 spiro atoms. The van der Waals surface area contributed by atoms with Crippen LogP contribution in [0.15, 0.2) is 30.2 Å². The molecule has 0 fully saturated rings. The molecule has 1 aromatic rings. The minimum absolute atomic E-state index is 0.115. The summed E-state index contributed by atoms with van der Waals surface area (Å²) in [6.45, 7) is 0.965. The lowest BCUT2D eigenvalue weighted by Gasteiger charge is -2.13. The molecule has 0 amide bonds. The molecule has 0 aromatic heterocycles. The lowest BCUT2D eigenvalue weighted by molar-refractivity contribution is -0.142. The van der Waals surface area contributed by atoms with Crippen molar-refractivity contribution in [3.05, 3.63) is 41.3 Å². The van der Waals surface area contributed by atoms with Gasteiger partial charge in [-0.2, -0.15) is 0 Å². The molecule has 0 unspecified atom stereocenters. The van der Waals surface area contributed by atoms with Gasteiger partial charge in [0.15, 0.2) is 0 Å². The molecule has 0 saturated heterocycles. The number of carboxylic acid groups (broad SMARTS) is 1. The van der Waals surface area contributed by atoms with E-state index in [9.17, 15) is 19.5 Å². The predicted molar refractivity (Wildman–Crippen MR) is 76.6 cm³/mol. The van der Waals surface area contributed by atoms with Gasteiger partial charge in [0.05, 0.1) is 14.2 Å². The van der Waals surface area contributed by atoms with Crippen LogP contribution in [-0.4, -0.2) is 37.2 Å². The molecule has 0 radical (unpaired) electrons. The third-order valence-corrected chi connectivity index (χ3v) is 2.59. The summed E-state index contributed by atoms with van der Waals surface area (Å²) in [5, 5.41) is 9.36. The highest BCUT2D eigenvalue weighted by Gasteiger charge is 2.21. The third kappa shape index (κ3) is 5.03. The van der Waals surface area contributed by atoms with E-state index in [1.807, 2.05) is 0 Å². The van der Waals surface area contributed by atoms with Gasteiger partial charge in [-0.15, -0.1) is 0 Å². The topological polar surface area (TPSA) is 108 Å². The first-order chi connectivity index (χ1) is 10.9. The molecule has 0 aliphatic carbocycles. The largest absolute Gasteiger partial charge is 0.500 e. The summed E-state index contributed by atoms with van der Waals surface area (Å²) >= 11 is 0. The van der Waals surface area contributed by atoms with E-state index < -0.39 is 17.9 Å². The smallest absolute Gasteiger partial charge is 0.377 e. The zero-order valence-electron chi connectivity index (χ0n) is 12.8. The Morgan fingerprint density at radius 3 is 2.43 bits per heavy atom. The monoisotopic (exact) mass is 324 g/mol. The maximum absolute atomic E-state index is 11.6. The molecule has 1 aromatic carbocycles. The number of carboxylic acids is 1. The number of methoxy groups -OCH3 is 2. The molecule has 0 saturated carbocycles. The second kappa shape index (κ2) is 8.42. The molecule has 0 aliphatic heterocycles. The van der Waals surface area contributed by atoms with Crippen LogP contribution < -0.4 is 4.74 Å². The minimum Gasteiger partial charge on any atom is -0.500 e. The zero-order chi connectivity index (χ0) is 17.4. The highest BCUT2D eigenvalue weighted by atomic mass is 16.6. The van der Waals surface area contributed by atoms with Gasteiger partial charge >= 0.3 is 17.9 Å². The number of ether oxygens (including phenoxy) is 4. The Labute approximate surface area is 132 Å². The van der Waals surface area contributed by atoms with Crippen molar-refractivity contribution in [3.8, 4) is 5.75 Å². The zero-order valence-corrected chi connectivity index (χ0v) is 12.8. The molecule has 1 rings (SSSR count). The normalized spacial score (nSPS) is 10.7. The number of carbonyl (C=O) groups is 3. The first-order valence-electron chi connectivity index (χ1n) is 6.38. The van der Waals surface area contributed by atoms with Crippen molar-refractivity contribution in [2.75, 3.05) is 14.2 Å². The van der Waals surface area contributed by atoms with Gasteiger partial charge in [-0.05, 0) is 6.07 Å². The summed E-state index contributed by atoms with van der Waals surface area (Å²) in [7, 11) is 2.44. The average Bonchev–Trinajstić information content (AvgIpc) is 2.51. The molecule has 0 atom stereocenters. The number of hydrogen-bond donors (Lipinski definition) is 1. The molecule has 8 heteroatoms. The second-order valence-corrected chi connectivity index (χ2v) is 4.19. The van der Waals surface area contributed by atoms with E-state index in [4.69, 9.17) is 14.2 Å². The molecule has 1 N–H and O–H groups in total. The highest BCUT2D eigenvalue weighted by Crippen LogP contribution is 2.25. The van der Waals surface area contributed by atoms with Crippen molar-refractivity contribution >= 4 is 17.9 Å². The van der Waals surface area contributed by atoms with Crippen molar-refractivity contribution in [3.63, 3.8) is 0 Å². The fraction of sp³-hybridized carbons (Fsp3) is 0.267. The van der Waals surface area contributed by atoms with Crippen LogP contribution in [0, 0.1) is 0 Å². The van der Waals surface area contributed by atoms with Crippen LogP contribution in [0.4, 0.5) is 0 Å². The van der Waals surface area contributed by atoms with Gasteiger partial charge in [0, 0.05) is 12.5 Å². The molecular weight excluding hydrogens is 308 g/mol. The predicted octanol–water partition coefficient (Wildman–Crippen LogP) is 1.49. The van der Waals surface area contributed by atoms with Crippen LogP contribution in [0.2, 0.25) is 0 Å². The molecule has 0 bridgehead atoms. The maximum atomic E-state index is 11.6. The Morgan fingerprint density at radius 1 is 1.22 bits per heavy atom. The van der Waals surface area contributed by atoms with Crippen molar-refractivity contribution in [1.29, 1.82) is 0 Å². The van der Waals surface area contributed by atoms with Crippen LogP contribution in [-0.2, 0) is 30.4 Å². The van der Waals surface area contributed by atoms with Gasteiger partial charge in [0.2, 0.25) is 5.76 Å². The number of hydrogen-bond acceptors (Lipinski definition) is 7. The van der Waals surface area contributed by atoms with E-state index in [0.29, 0.717) is 0 Å². The third-order valence-electron chi connectivity index (χ3n) is 2.59. The van der Waals surface area contributed by atoms with E-state index >= 15 is 0 Å². The van der Waals surface area contributed by atoms with Crippen molar-refractivity contribution < 1.29 is 38.4 Å². The standard InChI is InChI=1S/C15H16O8/c1-9(16)22-7-10-5-4-6-11(13(10)14(17)18)23-12(8-20-2)15(19)21-3/h4-6,8H,7H2,1-3H3,(H,17,18). The molecular formula is C15H16O8. The van der Waals surface area contributed by atoms with Gasteiger partial charge < -0.3 is 24.1 Å². The number of rotatable bonds is 7. The van der Waals surface area contributed by atoms with Crippen LogP contribution >= 0.6 is 0 Å². The Balaban J connectivity index is 3.22. The Hall–Kier alpha value is -3.03. The molecule has 0 aliphatic rings. The van der Waals surface area contributed by atoms with Gasteiger partial charge in [-0.3, -0.25) is 4.79 Å². The number of aromatic carboxylic acids is 1. The Kier molecular flexibility index (Phi) is 6.60. The van der Waals surface area contributed by atoms with E-state index in [0.717, 1.165) is 13.4 Å². The lowest BCUT2D eigenvalue weighted by Crippen LogP contribution is -2.14. The van der Waals surface area contributed by atoms with Crippen LogP contribution in [0.25, 0.3) is 0 Å². The van der Waals surface area contributed by atoms with Crippen molar-refractivity contribution in [2.45, 2.75) is 13.5 Å². The van der Waals surface area contributed by atoms with Crippen molar-refractivity contribution in [1.82, 2.24) is 0 Å². The number of carbonyl (C=O) groups excluding carboxylic acids is 2. The quantitative estimate of drug-likeness (QED) is 0.456. The van der Waals surface area contributed by atoms with E-state index in [1.165, 1.54) is 32.2 Å². The number of benzene rings is 1. The fourth-order valence-electron chi connectivity index (χ4n) is 1.64. The van der Waals surface area contributed by atoms with E-state index in [2.05, 4.69) is 4.74 Å². The summed E-state index contributed by atoms with van der Waals surface area (Å²) in [5.41, 5.74) is -0.0218. The molecule has 124 valence electrons. The summed E-state index contributed by atoms with van der Waals surface area (Å²) in [4.78, 5) is 33.9. The van der Waals surface area contributed by atoms with Gasteiger partial charge in [-0.1, -0.05) is 12.1 Å².